The molecule has 0 saturated heterocycles. The first kappa shape index (κ1) is 20.7. The summed E-state index contributed by atoms with van der Waals surface area (Å²) in [5, 5.41) is 9.23. The molecular formula is C20H22ClFO3. The highest BCUT2D eigenvalue weighted by Crippen LogP contribution is 2.32. The highest BCUT2D eigenvalue weighted by Gasteiger charge is 2.10. The molecule has 0 atom stereocenters. The number of hydrogen-bond acceptors (Lipinski definition) is 2. The summed E-state index contributed by atoms with van der Waals surface area (Å²) < 4.78 is 19.1. The second-order valence-electron chi connectivity index (χ2n) is 5.67. The summed E-state index contributed by atoms with van der Waals surface area (Å²) in [6.45, 7) is 7.04. The summed E-state index contributed by atoms with van der Waals surface area (Å²) in [6.07, 6.45) is 7.32. The Hall–Kier alpha value is -2.33. The molecule has 0 amide bonds. The van der Waals surface area contributed by atoms with E-state index in [0.717, 1.165) is 34.1 Å². The van der Waals surface area contributed by atoms with Crippen molar-refractivity contribution in [2.75, 3.05) is 7.11 Å². The maximum Gasteiger partial charge on any atom is 0.328 e. The number of benzene rings is 1. The zero-order chi connectivity index (χ0) is 19.1. The summed E-state index contributed by atoms with van der Waals surface area (Å²) in [7, 11) is 1.60. The molecule has 0 saturated carbocycles. The van der Waals surface area contributed by atoms with Crippen molar-refractivity contribution in [2.45, 2.75) is 27.7 Å². The Morgan fingerprint density at radius 1 is 1.28 bits per heavy atom. The van der Waals surface area contributed by atoms with Crippen molar-refractivity contribution in [3.8, 4) is 5.75 Å². The van der Waals surface area contributed by atoms with E-state index >= 15 is 0 Å². The fourth-order valence-electron chi connectivity index (χ4n) is 2.14. The Balaban J connectivity index is 3.06. The molecule has 3 nitrogen and oxygen atoms in total. The van der Waals surface area contributed by atoms with Crippen LogP contribution in [0.3, 0.4) is 0 Å². The monoisotopic (exact) mass is 364 g/mol. The minimum Gasteiger partial charge on any atom is -0.496 e. The average Bonchev–Trinajstić information content (AvgIpc) is 2.54. The van der Waals surface area contributed by atoms with Crippen LogP contribution >= 0.6 is 11.6 Å². The van der Waals surface area contributed by atoms with Gasteiger partial charge >= 0.3 is 5.97 Å². The molecule has 0 bridgehead atoms. The number of carboxylic acids is 1. The van der Waals surface area contributed by atoms with E-state index in [2.05, 4.69) is 0 Å². The molecule has 0 aliphatic heterocycles. The quantitative estimate of drug-likeness (QED) is 0.511. The molecule has 0 aliphatic carbocycles. The predicted octanol–water partition coefficient (Wildman–Crippen LogP) is 5.81. The molecule has 0 unspecified atom stereocenters. The normalized spacial score (nSPS) is 13.5. The van der Waals surface area contributed by atoms with Crippen LogP contribution in [0.25, 0.3) is 6.08 Å². The van der Waals surface area contributed by atoms with Crippen LogP contribution in [0.4, 0.5) is 4.39 Å². The second kappa shape index (κ2) is 9.23. The number of ether oxygens (including phenoxy) is 1. The molecular weight excluding hydrogens is 343 g/mol. The van der Waals surface area contributed by atoms with Gasteiger partial charge in [-0.05, 0) is 56.5 Å². The summed E-state index contributed by atoms with van der Waals surface area (Å²) in [5.41, 5.74) is 3.56. The van der Waals surface area contributed by atoms with Crippen molar-refractivity contribution in [2.24, 2.45) is 0 Å². The van der Waals surface area contributed by atoms with Crippen LogP contribution in [0, 0.1) is 13.8 Å². The Morgan fingerprint density at radius 3 is 2.48 bits per heavy atom. The van der Waals surface area contributed by atoms with Gasteiger partial charge in [-0.3, -0.25) is 0 Å². The number of carbonyl (C=O) groups is 1. The third-order valence-corrected chi connectivity index (χ3v) is 4.14. The van der Waals surface area contributed by atoms with E-state index in [1.54, 1.807) is 13.2 Å². The van der Waals surface area contributed by atoms with Crippen molar-refractivity contribution in [3.63, 3.8) is 0 Å². The number of aliphatic carboxylic acids is 1. The van der Waals surface area contributed by atoms with Gasteiger partial charge in [-0.1, -0.05) is 35.4 Å². The first-order chi connectivity index (χ1) is 11.7. The second-order valence-corrected chi connectivity index (χ2v) is 6.05. The van der Waals surface area contributed by atoms with E-state index in [-0.39, 0.29) is 5.57 Å². The molecule has 5 heteroatoms. The van der Waals surface area contributed by atoms with Crippen molar-refractivity contribution in [3.05, 3.63) is 69.1 Å². The van der Waals surface area contributed by atoms with Gasteiger partial charge in [-0.25, -0.2) is 9.18 Å². The van der Waals surface area contributed by atoms with Crippen LogP contribution in [0.5, 0.6) is 5.75 Å². The Morgan fingerprint density at radius 2 is 1.92 bits per heavy atom. The van der Waals surface area contributed by atoms with Gasteiger partial charge in [0.1, 0.15) is 11.6 Å². The smallest absolute Gasteiger partial charge is 0.328 e. The average molecular weight is 365 g/mol. The molecule has 0 aromatic heterocycles. The van der Waals surface area contributed by atoms with Gasteiger partial charge in [0, 0.05) is 11.6 Å². The molecule has 0 fully saturated rings. The number of allylic oxidation sites excluding steroid dienone is 6. The van der Waals surface area contributed by atoms with E-state index in [4.69, 9.17) is 21.4 Å². The van der Waals surface area contributed by atoms with Gasteiger partial charge in [0.05, 0.1) is 12.1 Å². The lowest BCUT2D eigenvalue weighted by Gasteiger charge is -2.12. The maximum atomic E-state index is 13.8. The third kappa shape index (κ3) is 5.91. The summed E-state index contributed by atoms with van der Waals surface area (Å²) in [4.78, 5) is 10.5. The zero-order valence-corrected chi connectivity index (χ0v) is 15.7. The van der Waals surface area contributed by atoms with Crippen LogP contribution in [-0.4, -0.2) is 18.2 Å². The molecule has 1 N–H and O–H groups in total. The van der Waals surface area contributed by atoms with E-state index in [9.17, 15) is 9.18 Å². The number of carboxylic acid groups (broad SMARTS) is 1. The number of halogens is 2. The molecule has 25 heavy (non-hydrogen) atoms. The van der Waals surface area contributed by atoms with Gasteiger partial charge in [0.2, 0.25) is 0 Å². The maximum absolute atomic E-state index is 13.8. The Labute approximate surface area is 152 Å². The van der Waals surface area contributed by atoms with Crippen molar-refractivity contribution in [1.29, 1.82) is 0 Å². The SMILES string of the molecule is COc1cc(C)c(C=CC(C)=CC=C(F)C(C)=CC(=O)O)c(Cl)c1C. The van der Waals surface area contributed by atoms with Gasteiger partial charge in [-0.2, -0.15) is 0 Å². The van der Waals surface area contributed by atoms with Crippen molar-refractivity contribution < 1.29 is 19.0 Å². The van der Waals surface area contributed by atoms with E-state index < -0.39 is 11.8 Å². The Kier molecular flexibility index (Phi) is 7.65. The van der Waals surface area contributed by atoms with Crippen LogP contribution < -0.4 is 4.74 Å². The van der Waals surface area contributed by atoms with E-state index in [0.29, 0.717) is 5.02 Å². The van der Waals surface area contributed by atoms with Crippen LogP contribution in [0.1, 0.15) is 30.5 Å². The van der Waals surface area contributed by atoms with Crippen molar-refractivity contribution in [1.82, 2.24) is 0 Å². The predicted molar refractivity (Wildman–Crippen MR) is 101 cm³/mol. The summed E-state index contributed by atoms with van der Waals surface area (Å²) in [6, 6.07) is 1.92. The fraction of sp³-hybridized carbons (Fsp3) is 0.250. The molecule has 0 radical (unpaired) electrons. The lowest BCUT2D eigenvalue weighted by atomic mass is 10.0. The highest BCUT2D eigenvalue weighted by atomic mass is 35.5. The third-order valence-electron chi connectivity index (χ3n) is 3.65. The summed E-state index contributed by atoms with van der Waals surface area (Å²) >= 11 is 6.40. The number of hydrogen-bond donors (Lipinski definition) is 1. The minimum absolute atomic E-state index is 0.0604. The van der Waals surface area contributed by atoms with Crippen LogP contribution in [0.2, 0.25) is 5.02 Å². The topological polar surface area (TPSA) is 46.5 Å². The van der Waals surface area contributed by atoms with Crippen molar-refractivity contribution >= 4 is 23.6 Å². The first-order valence-electron chi connectivity index (χ1n) is 7.64. The summed E-state index contributed by atoms with van der Waals surface area (Å²) in [5.74, 6) is -1.04. The standard InChI is InChI=1S/C20H22ClFO3/c1-12(7-9-17(22)14(3)11-19(23)24)6-8-16-13(2)10-18(25-5)15(4)20(16)21/h6-11H,1-5H3,(H,23,24). The highest BCUT2D eigenvalue weighted by molar-refractivity contribution is 6.33. The largest absolute Gasteiger partial charge is 0.496 e. The first-order valence-corrected chi connectivity index (χ1v) is 8.02. The molecule has 1 aromatic rings. The van der Waals surface area contributed by atoms with Crippen LogP contribution in [-0.2, 0) is 4.79 Å². The molecule has 134 valence electrons. The van der Waals surface area contributed by atoms with E-state index in [1.165, 1.54) is 13.0 Å². The van der Waals surface area contributed by atoms with Crippen LogP contribution in [0.15, 0.2) is 47.3 Å². The fourth-order valence-corrected chi connectivity index (χ4v) is 2.45. The number of aryl methyl sites for hydroxylation is 1. The lowest BCUT2D eigenvalue weighted by molar-refractivity contribution is -0.131. The Bertz CT molecular complexity index is 787. The molecule has 0 heterocycles. The number of methoxy groups -OCH3 is 1. The minimum atomic E-state index is -1.18. The lowest BCUT2D eigenvalue weighted by Crippen LogP contribution is -1.93. The van der Waals surface area contributed by atoms with E-state index in [1.807, 2.05) is 39.0 Å². The molecule has 0 aliphatic rings. The molecule has 0 spiro atoms. The van der Waals surface area contributed by atoms with Gasteiger partial charge < -0.3 is 9.84 Å². The van der Waals surface area contributed by atoms with Gasteiger partial charge in [0.25, 0.3) is 0 Å². The molecule has 1 aromatic carbocycles. The van der Waals surface area contributed by atoms with Gasteiger partial charge in [0.15, 0.2) is 0 Å². The molecule has 1 rings (SSSR count). The number of rotatable bonds is 6. The zero-order valence-electron chi connectivity index (χ0n) is 15.0. The van der Waals surface area contributed by atoms with Gasteiger partial charge in [-0.15, -0.1) is 0 Å².